The molecule has 1 aliphatic heterocycles. The van der Waals surface area contributed by atoms with Gasteiger partial charge in [-0.15, -0.1) is 11.3 Å². The maximum absolute atomic E-state index is 12.9. The summed E-state index contributed by atoms with van der Waals surface area (Å²) in [7, 11) is -3.53. The second kappa shape index (κ2) is 7.43. The maximum atomic E-state index is 12.9. The monoisotopic (exact) mass is 411 g/mol. The summed E-state index contributed by atoms with van der Waals surface area (Å²) in [5.41, 5.74) is 1.05. The van der Waals surface area contributed by atoms with Crippen LogP contribution in [0.3, 0.4) is 0 Å². The predicted molar refractivity (Wildman–Crippen MR) is 107 cm³/mol. The van der Waals surface area contributed by atoms with Crippen molar-refractivity contribution < 1.29 is 13.2 Å². The fourth-order valence-corrected chi connectivity index (χ4v) is 5.80. The number of fused-ring (bicyclic) bond motifs is 1. The van der Waals surface area contributed by atoms with Gasteiger partial charge in [0.1, 0.15) is 5.01 Å². The average Bonchev–Trinajstić information content (AvgIpc) is 3.39. The van der Waals surface area contributed by atoms with Gasteiger partial charge in [-0.1, -0.05) is 24.3 Å². The minimum Gasteiger partial charge on any atom is -0.292 e. The lowest BCUT2D eigenvalue weighted by molar-refractivity contribution is 0.0978. The minimum absolute atomic E-state index is 0.166. The number of para-hydroxylation sites is 1. The van der Waals surface area contributed by atoms with Gasteiger partial charge in [-0.25, -0.2) is 13.4 Å². The van der Waals surface area contributed by atoms with Crippen molar-refractivity contribution in [1.29, 1.82) is 5.26 Å². The van der Waals surface area contributed by atoms with E-state index < -0.39 is 15.9 Å². The van der Waals surface area contributed by atoms with E-state index in [9.17, 15) is 18.5 Å². The Morgan fingerprint density at radius 1 is 1.11 bits per heavy atom. The highest BCUT2D eigenvalue weighted by molar-refractivity contribution is 7.89. The summed E-state index contributed by atoms with van der Waals surface area (Å²) in [6, 6.07) is 15.3. The highest BCUT2D eigenvalue weighted by Gasteiger charge is 2.29. The van der Waals surface area contributed by atoms with Crippen LogP contribution in [-0.2, 0) is 10.0 Å². The highest BCUT2D eigenvalue weighted by Crippen LogP contribution is 2.30. The number of aromatic nitrogens is 1. The first kappa shape index (κ1) is 18.7. The van der Waals surface area contributed by atoms with Gasteiger partial charge in [0, 0.05) is 18.7 Å². The summed E-state index contributed by atoms with van der Waals surface area (Å²) in [5.74, 6) is -1.40. The number of ketones is 1. The zero-order valence-electron chi connectivity index (χ0n) is 14.9. The number of carbonyl (C=O) groups is 1. The van der Waals surface area contributed by atoms with Crippen LogP contribution in [0.2, 0.25) is 0 Å². The molecular weight excluding hydrogens is 394 g/mol. The van der Waals surface area contributed by atoms with Crippen LogP contribution in [0.4, 0.5) is 0 Å². The van der Waals surface area contributed by atoms with Gasteiger partial charge in [-0.05, 0) is 37.1 Å². The second-order valence-electron chi connectivity index (χ2n) is 6.58. The van der Waals surface area contributed by atoms with E-state index in [1.807, 2.05) is 30.3 Å². The van der Waals surface area contributed by atoms with Gasteiger partial charge in [0.25, 0.3) is 0 Å². The summed E-state index contributed by atoms with van der Waals surface area (Å²) in [4.78, 5) is 17.4. The van der Waals surface area contributed by atoms with Crippen LogP contribution >= 0.6 is 11.3 Å². The maximum Gasteiger partial charge on any atom is 0.243 e. The lowest BCUT2D eigenvalue weighted by Gasteiger charge is -2.15. The molecule has 2 aromatic carbocycles. The minimum atomic E-state index is -3.53. The number of sulfonamides is 1. The zero-order chi connectivity index (χ0) is 19.7. The second-order valence-corrected chi connectivity index (χ2v) is 9.58. The molecule has 3 aromatic rings. The molecule has 0 radical (unpaired) electrons. The molecule has 0 aliphatic carbocycles. The number of rotatable bonds is 5. The molecule has 4 rings (SSSR count). The number of nitrogens with zero attached hydrogens (tertiary/aromatic N) is 3. The molecule has 6 nitrogen and oxygen atoms in total. The Kier molecular flexibility index (Phi) is 4.98. The van der Waals surface area contributed by atoms with Crippen LogP contribution in [0.5, 0.6) is 0 Å². The Morgan fingerprint density at radius 3 is 2.43 bits per heavy atom. The first-order valence-electron chi connectivity index (χ1n) is 8.90. The summed E-state index contributed by atoms with van der Waals surface area (Å²) >= 11 is 1.32. The normalized spacial score (nSPS) is 16.1. The molecule has 28 heavy (non-hydrogen) atoms. The van der Waals surface area contributed by atoms with Crippen LogP contribution in [0.25, 0.3) is 10.2 Å². The van der Waals surface area contributed by atoms with Crippen molar-refractivity contribution in [3.8, 4) is 6.07 Å². The van der Waals surface area contributed by atoms with Crippen molar-refractivity contribution >= 4 is 37.4 Å². The van der Waals surface area contributed by atoms with E-state index in [-0.39, 0.29) is 10.7 Å². The summed E-state index contributed by atoms with van der Waals surface area (Å²) in [5, 5.41) is 10.0. The van der Waals surface area contributed by atoms with E-state index in [1.54, 1.807) is 0 Å². The number of hydrogen-bond acceptors (Lipinski definition) is 6. The van der Waals surface area contributed by atoms with E-state index in [1.165, 1.54) is 39.9 Å². The number of thiazole rings is 1. The highest BCUT2D eigenvalue weighted by atomic mass is 32.2. The molecule has 0 spiro atoms. The van der Waals surface area contributed by atoms with Gasteiger partial charge in [0.05, 0.1) is 21.2 Å². The first-order valence-corrected chi connectivity index (χ1v) is 11.2. The molecule has 2 heterocycles. The van der Waals surface area contributed by atoms with Crippen molar-refractivity contribution in [2.45, 2.75) is 23.7 Å². The fourth-order valence-electron chi connectivity index (χ4n) is 3.27. The third-order valence-corrected chi connectivity index (χ3v) is 7.80. The van der Waals surface area contributed by atoms with Gasteiger partial charge in [-0.2, -0.15) is 9.57 Å². The van der Waals surface area contributed by atoms with E-state index in [4.69, 9.17) is 0 Å². The number of carbonyl (C=O) groups excluding carboxylic acids is 1. The van der Waals surface area contributed by atoms with Gasteiger partial charge < -0.3 is 0 Å². The molecule has 8 heteroatoms. The van der Waals surface area contributed by atoms with Crippen LogP contribution in [0.15, 0.2) is 53.4 Å². The van der Waals surface area contributed by atoms with E-state index >= 15 is 0 Å². The van der Waals surface area contributed by atoms with E-state index in [2.05, 4.69) is 4.98 Å². The largest absolute Gasteiger partial charge is 0.292 e. The molecule has 142 valence electrons. The molecule has 0 saturated carbocycles. The molecule has 1 atom stereocenters. The molecule has 0 amide bonds. The lowest BCUT2D eigenvalue weighted by Crippen LogP contribution is -2.27. The van der Waals surface area contributed by atoms with Gasteiger partial charge in [0.2, 0.25) is 10.0 Å². The Morgan fingerprint density at radius 2 is 1.79 bits per heavy atom. The van der Waals surface area contributed by atoms with Crippen molar-refractivity contribution in [3.63, 3.8) is 0 Å². The Hall–Kier alpha value is -2.60. The fraction of sp³-hybridized carbons (Fsp3) is 0.250. The SMILES string of the molecule is N#CC(C(=O)c1ccc(S(=O)(=O)N2CCCC2)cc1)c1nc2ccccc2s1. The van der Waals surface area contributed by atoms with Crippen LogP contribution in [0.1, 0.15) is 34.1 Å². The Balaban J connectivity index is 1.61. The third-order valence-electron chi connectivity index (χ3n) is 4.79. The standard InChI is InChI=1S/C20H17N3O3S2/c21-13-16(20-22-17-5-1-2-6-18(17)27-20)19(24)14-7-9-15(10-8-14)28(25,26)23-11-3-4-12-23/h1-2,5-10,16H,3-4,11-12H2. The number of benzene rings is 2. The molecular formula is C20H17N3O3S2. The van der Waals surface area contributed by atoms with Crippen LogP contribution in [-0.4, -0.2) is 36.6 Å². The number of nitriles is 1. The van der Waals surface area contributed by atoms with Crippen molar-refractivity contribution in [2.75, 3.05) is 13.1 Å². The Labute approximate surface area is 167 Å². The number of hydrogen-bond donors (Lipinski definition) is 0. The Bertz CT molecular complexity index is 1140. The molecule has 1 aliphatic rings. The molecule has 0 N–H and O–H groups in total. The molecule has 1 unspecified atom stereocenters. The topological polar surface area (TPSA) is 91.1 Å². The van der Waals surface area contributed by atoms with Crippen LogP contribution < -0.4 is 0 Å². The average molecular weight is 412 g/mol. The number of Topliss-reactive ketones (excluding diaryl/α,β-unsaturated/α-hetero) is 1. The third kappa shape index (κ3) is 3.33. The van der Waals surface area contributed by atoms with Gasteiger partial charge in [0.15, 0.2) is 11.7 Å². The smallest absolute Gasteiger partial charge is 0.243 e. The molecule has 0 bridgehead atoms. The quantitative estimate of drug-likeness (QED) is 0.599. The molecule has 1 aromatic heterocycles. The predicted octanol–water partition coefficient (Wildman–Crippen LogP) is 3.57. The lowest BCUT2D eigenvalue weighted by atomic mass is 9.99. The van der Waals surface area contributed by atoms with Crippen molar-refractivity contribution in [1.82, 2.24) is 9.29 Å². The van der Waals surface area contributed by atoms with E-state index in [0.717, 1.165) is 23.1 Å². The van der Waals surface area contributed by atoms with Crippen molar-refractivity contribution in [2.24, 2.45) is 0 Å². The van der Waals surface area contributed by atoms with Gasteiger partial charge >= 0.3 is 0 Å². The van der Waals surface area contributed by atoms with Crippen molar-refractivity contribution in [3.05, 3.63) is 59.1 Å². The summed E-state index contributed by atoms with van der Waals surface area (Å²) in [6.07, 6.45) is 1.73. The summed E-state index contributed by atoms with van der Waals surface area (Å²) in [6.45, 7) is 1.05. The molecule has 1 saturated heterocycles. The van der Waals surface area contributed by atoms with E-state index in [0.29, 0.717) is 23.7 Å². The first-order chi connectivity index (χ1) is 13.5. The molecule has 1 fully saturated rings. The van der Waals surface area contributed by atoms with Crippen LogP contribution in [0, 0.1) is 11.3 Å². The summed E-state index contributed by atoms with van der Waals surface area (Å²) < 4.78 is 27.6. The zero-order valence-corrected chi connectivity index (χ0v) is 16.5. The van der Waals surface area contributed by atoms with Gasteiger partial charge in [-0.3, -0.25) is 4.79 Å².